The second-order valence-corrected chi connectivity index (χ2v) is 6.60. The van der Waals surface area contributed by atoms with Crippen molar-refractivity contribution in [2.45, 2.75) is 62.3 Å². The Morgan fingerprint density at radius 2 is 1.39 bits per heavy atom. The summed E-state index contributed by atoms with van der Waals surface area (Å²) >= 11 is 0. The third-order valence-electron chi connectivity index (χ3n) is 3.46. The van der Waals surface area contributed by atoms with Gasteiger partial charge in [0.25, 0.3) is 0 Å². The first kappa shape index (κ1) is 21.4. The lowest BCUT2D eigenvalue weighted by Crippen LogP contribution is -2.08. The molecule has 2 aliphatic rings. The molecule has 0 aromatic carbocycles. The standard InChI is InChI=1S/C18H23N.2C2H6/c1-14-7-6-8-17(2,3)12-16(14)15-11-18(4,5)9-10-19-13-15;2*1-2/h6-13H,1-5H3;2*1-2H3. The Morgan fingerprint density at radius 1 is 0.826 bits per heavy atom. The van der Waals surface area contributed by atoms with Gasteiger partial charge in [-0.05, 0) is 23.6 Å². The van der Waals surface area contributed by atoms with Crippen LogP contribution in [0.2, 0.25) is 0 Å². The second-order valence-electron chi connectivity index (χ2n) is 6.60. The number of hydrogen-bond acceptors (Lipinski definition) is 1. The summed E-state index contributed by atoms with van der Waals surface area (Å²) in [6, 6.07) is 0. The number of hydrogen-bond donors (Lipinski definition) is 0. The van der Waals surface area contributed by atoms with E-state index in [1.54, 1.807) is 0 Å². The van der Waals surface area contributed by atoms with E-state index in [9.17, 15) is 0 Å². The van der Waals surface area contributed by atoms with Crippen molar-refractivity contribution in [1.82, 2.24) is 0 Å². The van der Waals surface area contributed by atoms with Gasteiger partial charge in [-0.3, -0.25) is 4.99 Å². The summed E-state index contributed by atoms with van der Waals surface area (Å²) in [4.78, 5) is 4.37. The summed E-state index contributed by atoms with van der Waals surface area (Å²) in [6.07, 6.45) is 17.2. The van der Waals surface area contributed by atoms with Crippen LogP contribution in [0.1, 0.15) is 62.3 Å². The molecule has 1 aliphatic carbocycles. The third-order valence-corrected chi connectivity index (χ3v) is 3.46. The van der Waals surface area contributed by atoms with Crippen molar-refractivity contribution in [3.05, 3.63) is 59.4 Å². The minimum atomic E-state index is 0.0385. The van der Waals surface area contributed by atoms with Crippen LogP contribution in [0.4, 0.5) is 0 Å². The molecule has 0 fully saturated rings. The summed E-state index contributed by atoms with van der Waals surface area (Å²) in [5.41, 5.74) is 3.90. The van der Waals surface area contributed by atoms with Crippen LogP contribution in [0.15, 0.2) is 64.4 Å². The molecule has 0 spiro atoms. The zero-order valence-corrected chi connectivity index (χ0v) is 16.6. The van der Waals surface area contributed by atoms with Crippen molar-refractivity contribution in [1.29, 1.82) is 0 Å². The maximum Gasteiger partial charge on any atom is 0.0343 e. The van der Waals surface area contributed by atoms with Crippen LogP contribution in [0.5, 0.6) is 0 Å². The Labute approximate surface area is 144 Å². The predicted octanol–water partition coefficient (Wildman–Crippen LogP) is 7.06. The summed E-state index contributed by atoms with van der Waals surface area (Å²) in [7, 11) is 0. The van der Waals surface area contributed by atoms with Crippen molar-refractivity contribution in [2.75, 3.05) is 0 Å². The fourth-order valence-electron chi connectivity index (χ4n) is 2.37. The second kappa shape index (κ2) is 9.50. The lowest BCUT2D eigenvalue weighted by molar-refractivity contribution is 0.617. The van der Waals surface area contributed by atoms with Gasteiger partial charge < -0.3 is 0 Å². The molecule has 1 heterocycles. The fourth-order valence-corrected chi connectivity index (χ4v) is 2.37. The molecular weight excluding hydrogens is 278 g/mol. The highest BCUT2D eigenvalue weighted by molar-refractivity contribution is 5.88. The molecule has 0 unspecified atom stereocenters. The molecule has 2 rings (SSSR count). The maximum absolute atomic E-state index is 4.37. The van der Waals surface area contributed by atoms with Gasteiger partial charge in [-0.15, -0.1) is 0 Å². The molecular formula is C22H35N. The number of aliphatic imine (C=N–C) groups is 1. The van der Waals surface area contributed by atoms with E-state index < -0.39 is 0 Å². The van der Waals surface area contributed by atoms with Gasteiger partial charge in [0, 0.05) is 23.2 Å². The lowest BCUT2D eigenvalue weighted by atomic mass is 9.84. The van der Waals surface area contributed by atoms with E-state index in [1.807, 2.05) is 40.1 Å². The van der Waals surface area contributed by atoms with E-state index in [2.05, 4.69) is 76.1 Å². The molecule has 0 bridgehead atoms. The van der Waals surface area contributed by atoms with Crippen LogP contribution in [0.3, 0.4) is 0 Å². The van der Waals surface area contributed by atoms with Crippen LogP contribution < -0.4 is 0 Å². The van der Waals surface area contributed by atoms with Crippen molar-refractivity contribution >= 4 is 6.21 Å². The normalized spacial score (nSPS) is 20.5. The van der Waals surface area contributed by atoms with Crippen LogP contribution in [0, 0.1) is 10.8 Å². The Morgan fingerprint density at radius 3 is 2.00 bits per heavy atom. The van der Waals surface area contributed by atoms with Crippen LogP contribution in [-0.4, -0.2) is 6.21 Å². The highest BCUT2D eigenvalue weighted by Crippen LogP contribution is 2.33. The summed E-state index contributed by atoms with van der Waals surface area (Å²) in [5.74, 6) is 0. The fraction of sp³-hybridized carbons (Fsp3) is 0.500. The van der Waals surface area contributed by atoms with E-state index in [-0.39, 0.29) is 10.8 Å². The molecule has 1 nitrogen and oxygen atoms in total. The summed E-state index contributed by atoms with van der Waals surface area (Å²) in [6.45, 7) is 19.0. The van der Waals surface area contributed by atoms with Gasteiger partial charge in [0.05, 0.1) is 0 Å². The van der Waals surface area contributed by atoms with Gasteiger partial charge in [-0.25, -0.2) is 0 Å². The van der Waals surface area contributed by atoms with Crippen molar-refractivity contribution in [3.8, 4) is 0 Å². The first-order chi connectivity index (χ1) is 10.8. The van der Waals surface area contributed by atoms with Gasteiger partial charge in [0.15, 0.2) is 0 Å². The highest BCUT2D eigenvalue weighted by Gasteiger charge is 2.20. The largest absolute Gasteiger partial charge is 0.264 e. The number of allylic oxidation sites excluding steroid dienone is 9. The van der Waals surface area contributed by atoms with Gasteiger partial charge in [0.1, 0.15) is 0 Å². The number of rotatable bonds is 1. The molecule has 0 N–H and O–H groups in total. The molecule has 0 aromatic rings. The Bertz CT molecular complexity index is 547. The zero-order chi connectivity index (χ0) is 18.1. The van der Waals surface area contributed by atoms with E-state index in [0.717, 1.165) is 0 Å². The molecule has 0 atom stereocenters. The van der Waals surface area contributed by atoms with E-state index in [1.165, 1.54) is 16.7 Å². The van der Waals surface area contributed by atoms with Crippen molar-refractivity contribution in [3.63, 3.8) is 0 Å². The summed E-state index contributed by atoms with van der Waals surface area (Å²) < 4.78 is 0. The zero-order valence-electron chi connectivity index (χ0n) is 16.6. The first-order valence-corrected chi connectivity index (χ1v) is 8.83. The van der Waals surface area contributed by atoms with Crippen LogP contribution in [0.25, 0.3) is 0 Å². The SMILES string of the molecule is CC.CC.CC1=CC=CC(C)(C)C=C1C1=CC(C)(C)C=CN=C1. The van der Waals surface area contributed by atoms with Crippen molar-refractivity contribution in [2.24, 2.45) is 15.8 Å². The topological polar surface area (TPSA) is 12.4 Å². The quantitative estimate of drug-likeness (QED) is 0.491. The van der Waals surface area contributed by atoms with E-state index >= 15 is 0 Å². The van der Waals surface area contributed by atoms with E-state index in [0.29, 0.717) is 0 Å². The van der Waals surface area contributed by atoms with Gasteiger partial charge in [-0.1, -0.05) is 91.8 Å². The number of nitrogens with zero attached hydrogens (tertiary/aromatic N) is 1. The smallest absolute Gasteiger partial charge is 0.0343 e. The monoisotopic (exact) mass is 313 g/mol. The van der Waals surface area contributed by atoms with Gasteiger partial charge in [-0.2, -0.15) is 0 Å². The molecule has 128 valence electrons. The summed E-state index contributed by atoms with van der Waals surface area (Å²) in [5, 5.41) is 0. The predicted molar refractivity (Wildman–Crippen MR) is 107 cm³/mol. The Kier molecular flexibility index (Phi) is 8.82. The molecule has 23 heavy (non-hydrogen) atoms. The molecule has 1 heteroatoms. The Hall–Kier alpha value is -1.63. The average molecular weight is 314 g/mol. The molecule has 0 radical (unpaired) electrons. The molecule has 0 saturated heterocycles. The van der Waals surface area contributed by atoms with Crippen molar-refractivity contribution < 1.29 is 0 Å². The van der Waals surface area contributed by atoms with E-state index in [4.69, 9.17) is 0 Å². The molecule has 0 saturated carbocycles. The van der Waals surface area contributed by atoms with Crippen LogP contribution >= 0.6 is 0 Å². The maximum atomic E-state index is 4.37. The van der Waals surface area contributed by atoms with Gasteiger partial charge in [0.2, 0.25) is 0 Å². The Balaban J connectivity index is 0.00000112. The third kappa shape index (κ3) is 6.99. The minimum Gasteiger partial charge on any atom is -0.264 e. The first-order valence-electron chi connectivity index (χ1n) is 8.83. The molecule has 1 aliphatic heterocycles. The average Bonchev–Trinajstić information content (AvgIpc) is 2.76. The highest BCUT2D eigenvalue weighted by atomic mass is 14.7. The van der Waals surface area contributed by atoms with Gasteiger partial charge >= 0.3 is 0 Å². The molecule has 0 aromatic heterocycles. The van der Waals surface area contributed by atoms with Crippen LogP contribution in [-0.2, 0) is 0 Å². The molecule has 0 amide bonds. The minimum absolute atomic E-state index is 0.0385. The lowest BCUT2D eigenvalue weighted by Gasteiger charge is -2.20.